The number of allylic oxidation sites excluding steroid dienone is 1. The van der Waals surface area contributed by atoms with Crippen molar-refractivity contribution in [1.29, 1.82) is 0 Å². The summed E-state index contributed by atoms with van der Waals surface area (Å²) in [5.74, 6) is 0.398. The molecule has 6 heteroatoms. The first-order chi connectivity index (χ1) is 17.5. The van der Waals surface area contributed by atoms with E-state index in [1.165, 1.54) is 5.39 Å². The second-order valence-electron chi connectivity index (χ2n) is 8.56. The predicted molar refractivity (Wildman–Crippen MR) is 147 cm³/mol. The third-order valence-corrected chi connectivity index (χ3v) is 6.48. The van der Waals surface area contributed by atoms with E-state index in [2.05, 4.69) is 40.6 Å². The Labute approximate surface area is 214 Å². The van der Waals surface area contributed by atoms with Gasteiger partial charge < -0.3 is 14.5 Å². The highest BCUT2D eigenvalue weighted by molar-refractivity contribution is 6.32. The van der Waals surface area contributed by atoms with Crippen molar-refractivity contribution < 1.29 is 13.9 Å². The van der Waals surface area contributed by atoms with E-state index in [0.29, 0.717) is 18.0 Å². The van der Waals surface area contributed by atoms with Crippen LogP contribution >= 0.6 is 11.6 Å². The molecule has 0 spiro atoms. The molecule has 0 fully saturated rings. The third kappa shape index (κ3) is 4.45. The zero-order valence-electron chi connectivity index (χ0n) is 20.3. The van der Waals surface area contributed by atoms with Gasteiger partial charge in [-0.25, -0.2) is 4.98 Å². The molecular formula is C30H25ClN2O3. The first kappa shape index (κ1) is 23.6. The number of carbonyl (C=O) groups is 1. The highest BCUT2D eigenvalue weighted by Crippen LogP contribution is 2.41. The van der Waals surface area contributed by atoms with Gasteiger partial charge in [0.2, 0.25) is 5.91 Å². The average molecular weight is 497 g/mol. The summed E-state index contributed by atoms with van der Waals surface area (Å²) < 4.78 is 12.1. The Morgan fingerprint density at radius 3 is 2.69 bits per heavy atom. The molecule has 0 radical (unpaired) electrons. The molecule has 5 rings (SSSR count). The smallest absolute Gasteiger partial charge is 0.248 e. The summed E-state index contributed by atoms with van der Waals surface area (Å²) in [7, 11) is 0. The molecule has 0 atom stereocenters. The van der Waals surface area contributed by atoms with Crippen molar-refractivity contribution >= 4 is 50.5 Å². The summed E-state index contributed by atoms with van der Waals surface area (Å²) >= 11 is 6.10. The Kier molecular flexibility index (Phi) is 6.49. The van der Waals surface area contributed by atoms with Gasteiger partial charge in [0.1, 0.15) is 11.3 Å². The molecule has 5 nitrogen and oxygen atoms in total. The van der Waals surface area contributed by atoms with Crippen LogP contribution in [0.1, 0.15) is 25.0 Å². The molecule has 1 amide bonds. The Morgan fingerprint density at radius 2 is 1.92 bits per heavy atom. The summed E-state index contributed by atoms with van der Waals surface area (Å²) in [6, 6.07) is 20.1. The molecule has 0 aliphatic heterocycles. The number of aromatic nitrogens is 1. The lowest BCUT2D eigenvalue weighted by Crippen LogP contribution is -2.09. The molecular weight excluding hydrogens is 472 g/mol. The summed E-state index contributed by atoms with van der Waals surface area (Å²) in [5.41, 5.74) is 5.75. The van der Waals surface area contributed by atoms with Crippen LogP contribution in [0.2, 0.25) is 5.15 Å². The number of aryl methyl sites for hydroxylation is 1. The quantitative estimate of drug-likeness (QED) is 0.191. The first-order valence-electron chi connectivity index (χ1n) is 11.7. The van der Waals surface area contributed by atoms with Gasteiger partial charge in [-0.3, -0.25) is 4.79 Å². The number of nitrogens with zero attached hydrogens (tertiary/aromatic N) is 1. The topological polar surface area (TPSA) is 64.4 Å². The Balaban J connectivity index is 1.60. The zero-order valence-corrected chi connectivity index (χ0v) is 21.0. The molecule has 0 bridgehead atoms. The number of nitrogens with one attached hydrogen (secondary N) is 1. The van der Waals surface area contributed by atoms with Crippen LogP contribution in [0, 0.1) is 6.92 Å². The molecule has 180 valence electrons. The SMILES string of the molecule is CCOc1c(/C(C)=C/C(=O)Nc2cccnc2Cl)cc2c(-c3ccc4ccccc4c3)coc2c1C. The summed E-state index contributed by atoms with van der Waals surface area (Å²) in [6.07, 6.45) is 4.91. The standard InChI is InChI=1S/C30H25ClN2O3/c1-4-35-28-19(3)29-24(25(17-36-29)22-12-11-20-8-5-6-9-21(20)15-22)16-23(28)18(2)14-27(34)33-26-10-7-13-32-30(26)31/h5-17H,4H2,1-3H3,(H,33,34)/b18-14+. The second-order valence-corrected chi connectivity index (χ2v) is 8.92. The lowest BCUT2D eigenvalue weighted by atomic mass is 9.95. The second kappa shape index (κ2) is 9.88. The molecule has 0 saturated carbocycles. The number of hydrogen-bond acceptors (Lipinski definition) is 4. The van der Waals surface area contributed by atoms with E-state index >= 15 is 0 Å². The maximum absolute atomic E-state index is 12.8. The lowest BCUT2D eigenvalue weighted by molar-refractivity contribution is -0.111. The fourth-order valence-electron chi connectivity index (χ4n) is 4.44. The van der Waals surface area contributed by atoms with Gasteiger partial charge in [-0.2, -0.15) is 0 Å². The van der Waals surface area contributed by atoms with Crippen LogP contribution in [-0.2, 0) is 4.79 Å². The molecule has 0 saturated heterocycles. The van der Waals surface area contributed by atoms with Crippen LogP contribution in [0.3, 0.4) is 0 Å². The number of benzene rings is 3. The third-order valence-electron chi connectivity index (χ3n) is 6.18. The normalized spacial score (nSPS) is 11.7. The highest BCUT2D eigenvalue weighted by atomic mass is 35.5. The van der Waals surface area contributed by atoms with Crippen LogP contribution in [0.25, 0.3) is 38.4 Å². The average Bonchev–Trinajstić information content (AvgIpc) is 3.31. The van der Waals surface area contributed by atoms with Crippen LogP contribution in [0.15, 0.2) is 83.6 Å². The molecule has 0 unspecified atom stereocenters. The molecule has 2 heterocycles. The minimum absolute atomic E-state index is 0.239. The number of carbonyl (C=O) groups excluding carboxylic acids is 1. The number of fused-ring (bicyclic) bond motifs is 2. The van der Waals surface area contributed by atoms with E-state index in [4.69, 9.17) is 20.8 Å². The number of rotatable bonds is 6. The van der Waals surface area contributed by atoms with Crippen molar-refractivity contribution in [2.24, 2.45) is 0 Å². The van der Waals surface area contributed by atoms with Crippen molar-refractivity contribution in [3.8, 4) is 16.9 Å². The van der Waals surface area contributed by atoms with Gasteiger partial charge in [-0.15, -0.1) is 0 Å². The zero-order chi connectivity index (χ0) is 25.2. The van der Waals surface area contributed by atoms with Gasteiger partial charge in [0.15, 0.2) is 5.15 Å². The van der Waals surface area contributed by atoms with E-state index in [0.717, 1.165) is 44.2 Å². The maximum Gasteiger partial charge on any atom is 0.248 e. The molecule has 5 aromatic rings. The summed E-state index contributed by atoms with van der Waals surface area (Å²) in [4.78, 5) is 16.8. The largest absolute Gasteiger partial charge is 0.493 e. The van der Waals surface area contributed by atoms with E-state index in [1.54, 1.807) is 30.7 Å². The van der Waals surface area contributed by atoms with Gasteiger partial charge >= 0.3 is 0 Å². The number of halogens is 1. The molecule has 3 aromatic carbocycles. The molecule has 1 N–H and O–H groups in total. The van der Waals surface area contributed by atoms with E-state index in [1.807, 2.05) is 39.0 Å². The summed E-state index contributed by atoms with van der Waals surface area (Å²) in [5, 5.41) is 6.34. The van der Waals surface area contributed by atoms with E-state index in [-0.39, 0.29) is 11.1 Å². The Morgan fingerprint density at radius 1 is 1.11 bits per heavy atom. The fourth-order valence-corrected chi connectivity index (χ4v) is 4.61. The number of hydrogen-bond donors (Lipinski definition) is 1. The monoisotopic (exact) mass is 496 g/mol. The van der Waals surface area contributed by atoms with Crippen molar-refractivity contribution in [2.45, 2.75) is 20.8 Å². The van der Waals surface area contributed by atoms with Gasteiger partial charge in [0.05, 0.1) is 18.6 Å². The van der Waals surface area contributed by atoms with E-state index in [9.17, 15) is 4.79 Å². The molecule has 0 aliphatic carbocycles. The lowest BCUT2D eigenvalue weighted by Gasteiger charge is -2.15. The predicted octanol–water partition coefficient (Wildman–Crippen LogP) is 8.05. The minimum atomic E-state index is -0.301. The first-order valence-corrected chi connectivity index (χ1v) is 12.1. The number of ether oxygens (including phenoxy) is 1. The van der Waals surface area contributed by atoms with Crippen molar-refractivity contribution in [1.82, 2.24) is 4.98 Å². The van der Waals surface area contributed by atoms with Crippen molar-refractivity contribution in [3.05, 3.63) is 95.5 Å². The van der Waals surface area contributed by atoms with Crippen molar-refractivity contribution in [3.63, 3.8) is 0 Å². The van der Waals surface area contributed by atoms with Crippen LogP contribution in [0.4, 0.5) is 5.69 Å². The number of amides is 1. The number of pyridine rings is 1. The fraction of sp³-hybridized carbons (Fsp3) is 0.133. The van der Waals surface area contributed by atoms with Crippen molar-refractivity contribution in [2.75, 3.05) is 11.9 Å². The van der Waals surface area contributed by atoms with Gasteiger partial charge in [0, 0.05) is 34.3 Å². The molecule has 2 aromatic heterocycles. The van der Waals surface area contributed by atoms with Crippen LogP contribution in [-0.4, -0.2) is 17.5 Å². The van der Waals surface area contributed by atoms with Crippen LogP contribution < -0.4 is 10.1 Å². The van der Waals surface area contributed by atoms with Crippen LogP contribution in [0.5, 0.6) is 5.75 Å². The van der Waals surface area contributed by atoms with Gasteiger partial charge in [0.25, 0.3) is 0 Å². The van der Waals surface area contributed by atoms with Gasteiger partial charge in [-0.05, 0) is 66.9 Å². The minimum Gasteiger partial charge on any atom is -0.493 e. The highest BCUT2D eigenvalue weighted by Gasteiger charge is 2.19. The summed E-state index contributed by atoms with van der Waals surface area (Å²) in [6.45, 7) is 6.30. The number of anilines is 1. The van der Waals surface area contributed by atoms with E-state index < -0.39 is 0 Å². The molecule has 36 heavy (non-hydrogen) atoms. The van der Waals surface area contributed by atoms with Gasteiger partial charge in [-0.1, -0.05) is 48.0 Å². The maximum atomic E-state index is 12.8. The Bertz CT molecular complexity index is 1630. The molecule has 0 aliphatic rings. The Hall–Kier alpha value is -4.09. The number of furan rings is 1.